The Labute approximate surface area is 169 Å². The van der Waals surface area contributed by atoms with Gasteiger partial charge in [0.1, 0.15) is 5.82 Å². The third-order valence-corrected chi connectivity index (χ3v) is 6.23. The second-order valence-corrected chi connectivity index (χ2v) is 9.18. The molecule has 29 heavy (non-hydrogen) atoms. The summed E-state index contributed by atoms with van der Waals surface area (Å²) in [7, 11) is -3.47. The van der Waals surface area contributed by atoms with Crippen LogP contribution in [0.5, 0.6) is 0 Å². The van der Waals surface area contributed by atoms with E-state index in [9.17, 15) is 13.2 Å². The smallest absolute Gasteiger partial charge is 0.255 e. The van der Waals surface area contributed by atoms with E-state index in [0.29, 0.717) is 26.2 Å². The summed E-state index contributed by atoms with van der Waals surface area (Å²) < 4.78 is 26.1. The molecule has 0 bridgehead atoms. The number of sulfone groups is 1. The number of nitrogens with zero attached hydrogens (tertiary/aromatic N) is 4. The second kappa shape index (κ2) is 7.40. The van der Waals surface area contributed by atoms with E-state index in [4.69, 9.17) is 0 Å². The predicted molar refractivity (Wildman–Crippen MR) is 110 cm³/mol. The molecule has 9 heteroatoms. The Kier molecular flexibility index (Phi) is 4.91. The van der Waals surface area contributed by atoms with Crippen LogP contribution in [0.3, 0.4) is 0 Å². The molecule has 1 fully saturated rings. The first-order valence-corrected chi connectivity index (χ1v) is 11.3. The van der Waals surface area contributed by atoms with Crippen molar-refractivity contribution in [3.05, 3.63) is 59.9 Å². The first kappa shape index (κ1) is 19.3. The lowest BCUT2D eigenvalue weighted by Gasteiger charge is -2.36. The SMILES string of the molecule is Cc1cc(-n2cccc2N2CCN(C(=O)c3ccccc3S(C)(=O)=O)CC2)n[nH]1. The molecule has 1 aliphatic rings. The van der Waals surface area contributed by atoms with Gasteiger partial charge in [-0.3, -0.25) is 14.5 Å². The highest BCUT2D eigenvalue weighted by Gasteiger charge is 2.27. The minimum Gasteiger partial charge on any atom is -0.354 e. The number of aryl methyl sites for hydroxylation is 1. The lowest BCUT2D eigenvalue weighted by atomic mass is 10.2. The topological polar surface area (TPSA) is 91.3 Å². The number of aromatic amines is 1. The monoisotopic (exact) mass is 413 g/mol. The summed E-state index contributed by atoms with van der Waals surface area (Å²) in [6, 6.07) is 12.4. The molecule has 4 rings (SSSR count). The Morgan fingerprint density at radius 2 is 1.79 bits per heavy atom. The molecule has 3 heterocycles. The van der Waals surface area contributed by atoms with Crippen molar-refractivity contribution in [1.82, 2.24) is 19.7 Å². The zero-order valence-corrected chi connectivity index (χ0v) is 17.2. The molecular formula is C20H23N5O3S. The highest BCUT2D eigenvalue weighted by molar-refractivity contribution is 7.90. The fraction of sp³-hybridized carbons (Fsp3) is 0.300. The van der Waals surface area contributed by atoms with E-state index in [-0.39, 0.29) is 16.4 Å². The Balaban J connectivity index is 1.50. The van der Waals surface area contributed by atoms with Gasteiger partial charge in [0.2, 0.25) is 0 Å². The summed E-state index contributed by atoms with van der Waals surface area (Å²) in [6.07, 6.45) is 3.09. The number of anilines is 1. The molecule has 1 saturated heterocycles. The van der Waals surface area contributed by atoms with Crippen LogP contribution in [-0.4, -0.2) is 66.4 Å². The van der Waals surface area contributed by atoms with Crippen LogP contribution in [0, 0.1) is 6.92 Å². The number of hydrogen-bond acceptors (Lipinski definition) is 5. The third kappa shape index (κ3) is 3.77. The van der Waals surface area contributed by atoms with Gasteiger partial charge in [-0.25, -0.2) is 8.42 Å². The lowest BCUT2D eigenvalue weighted by molar-refractivity contribution is 0.0742. The summed E-state index contributed by atoms with van der Waals surface area (Å²) in [5, 5.41) is 7.27. The minimum absolute atomic E-state index is 0.0789. The van der Waals surface area contributed by atoms with Gasteiger partial charge in [0, 0.05) is 50.4 Å². The van der Waals surface area contributed by atoms with Crippen LogP contribution in [0.25, 0.3) is 5.82 Å². The lowest BCUT2D eigenvalue weighted by Crippen LogP contribution is -2.49. The first-order valence-electron chi connectivity index (χ1n) is 9.37. The molecule has 2 aromatic heterocycles. The Morgan fingerprint density at radius 1 is 1.07 bits per heavy atom. The van der Waals surface area contributed by atoms with E-state index >= 15 is 0 Å². The fourth-order valence-corrected chi connectivity index (χ4v) is 4.51. The Hall–Kier alpha value is -3.07. The predicted octanol–water partition coefficient (Wildman–Crippen LogP) is 1.87. The standard InChI is InChI=1S/C20H23N5O3S/c1-15-14-18(22-21-15)25-9-5-8-19(25)23-10-12-24(13-11-23)20(26)16-6-3-4-7-17(16)29(2,27)28/h3-9,14H,10-13H2,1-2H3,(H,21,22). The number of carbonyl (C=O) groups excluding carboxylic acids is 1. The first-order chi connectivity index (χ1) is 13.8. The molecule has 0 saturated carbocycles. The molecule has 0 unspecified atom stereocenters. The number of rotatable bonds is 4. The fourth-order valence-electron chi connectivity index (χ4n) is 3.63. The van der Waals surface area contributed by atoms with Crippen LogP contribution in [0.2, 0.25) is 0 Å². The summed E-state index contributed by atoms with van der Waals surface area (Å²) in [5.41, 5.74) is 1.22. The highest BCUT2D eigenvalue weighted by atomic mass is 32.2. The van der Waals surface area contributed by atoms with Crippen LogP contribution >= 0.6 is 0 Å². The van der Waals surface area contributed by atoms with Crippen molar-refractivity contribution in [3.8, 4) is 5.82 Å². The van der Waals surface area contributed by atoms with Crippen molar-refractivity contribution in [2.45, 2.75) is 11.8 Å². The molecule has 1 N–H and O–H groups in total. The van der Waals surface area contributed by atoms with Crippen molar-refractivity contribution in [1.29, 1.82) is 0 Å². The number of H-pyrrole nitrogens is 1. The quantitative estimate of drug-likeness (QED) is 0.705. The molecular weight excluding hydrogens is 390 g/mol. The molecule has 3 aromatic rings. The van der Waals surface area contributed by atoms with Gasteiger partial charge >= 0.3 is 0 Å². The number of aromatic nitrogens is 3. The number of benzene rings is 1. The van der Waals surface area contributed by atoms with E-state index in [1.807, 2.05) is 35.9 Å². The highest BCUT2D eigenvalue weighted by Crippen LogP contribution is 2.23. The van der Waals surface area contributed by atoms with Crippen molar-refractivity contribution in [2.24, 2.45) is 0 Å². The largest absolute Gasteiger partial charge is 0.354 e. The van der Waals surface area contributed by atoms with Crippen LogP contribution in [0.1, 0.15) is 16.1 Å². The number of nitrogens with one attached hydrogen (secondary N) is 1. The summed E-state index contributed by atoms with van der Waals surface area (Å²) in [5.74, 6) is 1.59. The zero-order valence-electron chi connectivity index (χ0n) is 16.4. The Morgan fingerprint density at radius 3 is 2.45 bits per heavy atom. The maximum absolute atomic E-state index is 13.0. The van der Waals surface area contributed by atoms with Crippen LogP contribution in [-0.2, 0) is 9.84 Å². The normalized spacial score (nSPS) is 15.0. The van der Waals surface area contributed by atoms with Crippen LogP contribution in [0.4, 0.5) is 5.82 Å². The summed E-state index contributed by atoms with van der Waals surface area (Å²) in [6.45, 7) is 4.29. The maximum atomic E-state index is 13.0. The van der Waals surface area contributed by atoms with E-state index in [1.54, 1.807) is 23.1 Å². The van der Waals surface area contributed by atoms with Crippen molar-refractivity contribution in [3.63, 3.8) is 0 Å². The molecule has 1 amide bonds. The molecule has 152 valence electrons. The van der Waals surface area contributed by atoms with Crippen LogP contribution < -0.4 is 4.90 Å². The average Bonchev–Trinajstić information content (AvgIpc) is 3.36. The van der Waals surface area contributed by atoms with E-state index in [2.05, 4.69) is 15.1 Å². The number of carbonyl (C=O) groups is 1. The second-order valence-electron chi connectivity index (χ2n) is 7.19. The average molecular weight is 414 g/mol. The molecule has 0 spiro atoms. The molecule has 8 nitrogen and oxygen atoms in total. The van der Waals surface area contributed by atoms with Gasteiger partial charge in [0.25, 0.3) is 5.91 Å². The molecule has 0 radical (unpaired) electrons. The molecule has 1 aliphatic heterocycles. The van der Waals surface area contributed by atoms with Gasteiger partial charge in [-0.1, -0.05) is 12.1 Å². The van der Waals surface area contributed by atoms with E-state index in [1.165, 1.54) is 6.07 Å². The molecule has 0 atom stereocenters. The van der Waals surface area contributed by atoms with Crippen molar-refractivity contribution >= 4 is 21.6 Å². The van der Waals surface area contributed by atoms with E-state index in [0.717, 1.165) is 23.6 Å². The summed E-state index contributed by atoms with van der Waals surface area (Å²) in [4.78, 5) is 17.0. The zero-order chi connectivity index (χ0) is 20.6. The molecule has 1 aromatic carbocycles. The molecule has 0 aliphatic carbocycles. The van der Waals surface area contributed by atoms with Gasteiger partial charge in [-0.2, -0.15) is 5.10 Å². The third-order valence-electron chi connectivity index (χ3n) is 5.07. The van der Waals surface area contributed by atoms with E-state index < -0.39 is 9.84 Å². The van der Waals surface area contributed by atoms with Crippen LogP contribution in [0.15, 0.2) is 53.6 Å². The number of amides is 1. The van der Waals surface area contributed by atoms with Gasteiger partial charge in [0.05, 0.1) is 10.5 Å². The minimum atomic E-state index is -3.47. The maximum Gasteiger partial charge on any atom is 0.255 e. The summed E-state index contributed by atoms with van der Waals surface area (Å²) >= 11 is 0. The number of piperazine rings is 1. The van der Waals surface area contributed by atoms with Gasteiger partial charge in [-0.05, 0) is 31.2 Å². The number of hydrogen-bond donors (Lipinski definition) is 1. The Bertz CT molecular complexity index is 1140. The van der Waals surface area contributed by atoms with Crippen molar-refractivity contribution in [2.75, 3.05) is 37.3 Å². The van der Waals surface area contributed by atoms with Crippen molar-refractivity contribution < 1.29 is 13.2 Å². The van der Waals surface area contributed by atoms with Gasteiger partial charge in [0.15, 0.2) is 15.7 Å². The van der Waals surface area contributed by atoms with Gasteiger partial charge < -0.3 is 9.80 Å². The van der Waals surface area contributed by atoms with Gasteiger partial charge in [-0.15, -0.1) is 0 Å².